The van der Waals surface area contributed by atoms with Crippen molar-refractivity contribution < 1.29 is 19.1 Å². The fraction of sp³-hybridized carbons (Fsp3) is 0.385. The van der Waals surface area contributed by atoms with Gasteiger partial charge in [-0.2, -0.15) is 0 Å². The van der Waals surface area contributed by atoms with Gasteiger partial charge in [-0.3, -0.25) is 19.4 Å². The Labute approximate surface area is 194 Å². The zero-order valence-corrected chi connectivity index (χ0v) is 19.0. The van der Waals surface area contributed by atoms with E-state index < -0.39 is 0 Å². The summed E-state index contributed by atoms with van der Waals surface area (Å²) in [6.07, 6.45) is 1.60. The number of amides is 2. The van der Waals surface area contributed by atoms with Crippen molar-refractivity contribution >= 4 is 23.1 Å². The highest BCUT2D eigenvalue weighted by Crippen LogP contribution is 2.38. The number of morpholine rings is 1. The van der Waals surface area contributed by atoms with Gasteiger partial charge in [-0.05, 0) is 42.2 Å². The van der Waals surface area contributed by atoms with Crippen molar-refractivity contribution in [2.75, 3.05) is 57.9 Å². The molecule has 0 aromatic heterocycles. The molecule has 2 aromatic rings. The van der Waals surface area contributed by atoms with E-state index >= 15 is 0 Å². The van der Waals surface area contributed by atoms with Crippen LogP contribution in [-0.2, 0) is 20.7 Å². The molecule has 0 N–H and O–H groups in total. The summed E-state index contributed by atoms with van der Waals surface area (Å²) in [6, 6.07) is 15.5. The molecule has 1 fully saturated rings. The lowest BCUT2D eigenvalue weighted by Crippen LogP contribution is -2.40. The first-order valence-corrected chi connectivity index (χ1v) is 11.6. The number of rotatable bonds is 7. The molecule has 172 valence electrons. The van der Waals surface area contributed by atoms with Crippen LogP contribution in [0.1, 0.15) is 17.5 Å². The maximum Gasteiger partial charge on any atom is 0.278 e. The Morgan fingerprint density at radius 3 is 2.42 bits per heavy atom. The molecule has 0 radical (unpaired) electrons. The molecule has 2 amide bonds. The van der Waals surface area contributed by atoms with Crippen molar-refractivity contribution in [3.8, 4) is 5.75 Å². The molecule has 5 rings (SSSR count). The molecule has 0 unspecified atom stereocenters. The number of hydrogen-bond donors (Lipinski definition) is 0. The minimum absolute atomic E-state index is 0.204. The molecule has 3 aliphatic heterocycles. The van der Waals surface area contributed by atoms with Crippen LogP contribution in [0.4, 0.5) is 5.69 Å². The number of ether oxygens (including phenoxy) is 2. The number of hydrogen-bond acceptors (Lipinski definition) is 6. The molecule has 0 aliphatic carbocycles. The molecule has 2 aromatic carbocycles. The van der Waals surface area contributed by atoms with Crippen molar-refractivity contribution in [2.24, 2.45) is 0 Å². The van der Waals surface area contributed by atoms with Gasteiger partial charge in [-0.1, -0.05) is 30.3 Å². The number of fused-ring (bicyclic) bond motifs is 1. The summed E-state index contributed by atoms with van der Waals surface area (Å²) in [6.45, 7) is 5.22. The molecule has 3 heterocycles. The molecule has 0 spiro atoms. The number of nitrogens with zero attached hydrogens (tertiary/aromatic N) is 3. The SMILES string of the molecule is COc1ccc(C2=C(N3CCc4ccccc43)C(=O)N(CCCN3CCOCC3)C2=O)cc1. The number of anilines is 1. The zero-order valence-electron chi connectivity index (χ0n) is 19.0. The molecule has 3 aliphatic rings. The molecule has 0 saturated carbocycles. The lowest BCUT2D eigenvalue weighted by Gasteiger charge is -2.27. The van der Waals surface area contributed by atoms with Crippen LogP contribution in [0, 0.1) is 0 Å². The first-order chi connectivity index (χ1) is 16.2. The predicted octanol–water partition coefficient (Wildman–Crippen LogP) is 2.56. The van der Waals surface area contributed by atoms with Gasteiger partial charge in [0.25, 0.3) is 11.8 Å². The summed E-state index contributed by atoms with van der Waals surface area (Å²) >= 11 is 0. The van der Waals surface area contributed by atoms with Crippen LogP contribution in [0.2, 0.25) is 0 Å². The quantitative estimate of drug-likeness (QED) is 0.608. The Hall–Kier alpha value is -3.16. The lowest BCUT2D eigenvalue weighted by molar-refractivity contribution is -0.137. The first kappa shape index (κ1) is 21.7. The molecule has 1 saturated heterocycles. The van der Waals surface area contributed by atoms with Crippen LogP contribution >= 0.6 is 0 Å². The number of para-hydroxylation sites is 1. The number of carbonyl (C=O) groups is 2. The molecular weight excluding hydrogens is 418 g/mol. The predicted molar refractivity (Wildman–Crippen MR) is 126 cm³/mol. The molecule has 7 nitrogen and oxygen atoms in total. The first-order valence-electron chi connectivity index (χ1n) is 11.6. The van der Waals surface area contributed by atoms with E-state index in [1.165, 1.54) is 10.5 Å². The Morgan fingerprint density at radius 1 is 0.909 bits per heavy atom. The van der Waals surface area contributed by atoms with E-state index in [4.69, 9.17) is 9.47 Å². The van der Waals surface area contributed by atoms with Crippen LogP contribution < -0.4 is 9.64 Å². The van der Waals surface area contributed by atoms with Gasteiger partial charge in [0.2, 0.25) is 0 Å². The van der Waals surface area contributed by atoms with Gasteiger partial charge in [-0.15, -0.1) is 0 Å². The number of methoxy groups -OCH3 is 1. The Morgan fingerprint density at radius 2 is 1.67 bits per heavy atom. The van der Waals surface area contributed by atoms with E-state index in [0.717, 1.165) is 56.9 Å². The minimum atomic E-state index is -0.216. The van der Waals surface area contributed by atoms with Crippen molar-refractivity contribution in [1.29, 1.82) is 0 Å². The third kappa shape index (κ3) is 4.14. The standard InChI is InChI=1S/C26H29N3O4/c1-32-21-9-7-20(8-10-21)23-24(28-14-11-19-5-2-3-6-22(19)28)26(31)29(25(23)30)13-4-12-27-15-17-33-18-16-27/h2-3,5-10H,4,11-18H2,1H3. The molecule has 7 heteroatoms. The minimum Gasteiger partial charge on any atom is -0.497 e. The Balaban J connectivity index is 1.44. The van der Waals surface area contributed by atoms with Crippen LogP contribution in [0.3, 0.4) is 0 Å². The lowest BCUT2D eigenvalue weighted by atomic mass is 10.0. The van der Waals surface area contributed by atoms with Gasteiger partial charge < -0.3 is 14.4 Å². The summed E-state index contributed by atoms with van der Waals surface area (Å²) < 4.78 is 10.7. The Kier molecular flexibility index (Phi) is 6.15. The van der Waals surface area contributed by atoms with Gasteiger partial charge in [-0.25, -0.2) is 0 Å². The van der Waals surface area contributed by atoms with Gasteiger partial charge in [0, 0.05) is 38.4 Å². The van der Waals surface area contributed by atoms with Crippen LogP contribution in [0.5, 0.6) is 5.75 Å². The van der Waals surface area contributed by atoms with Gasteiger partial charge in [0.05, 0.1) is 25.9 Å². The molecule has 33 heavy (non-hydrogen) atoms. The van der Waals surface area contributed by atoms with E-state index in [1.807, 2.05) is 47.4 Å². The highest BCUT2D eigenvalue weighted by atomic mass is 16.5. The van der Waals surface area contributed by atoms with Crippen molar-refractivity contribution in [2.45, 2.75) is 12.8 Å². The normalized spacial score (nSPS) is 18.9. The van der Waals surface area contributed by atoms with Crippen molar-refractivity contribution in [3.05, 3.63) is 65.4 Å². The Bertz CT molecular complexity index is 1070. The second-order valence-electron chi connectivity index (χ2n) is 8.55. The summed E-state index contributed by atoms with van der Waals surface area (Å²) in [5.74, 6) is 0.294. The van der Waals surface area contributed by atoms with E-state index in [2.05, 4.69) is 11.0 Å². The largest absolute Gasteiger partial charge is 0.497 e. The number of carbonyl (C=O) groups excluding carboxylic acids is 2. The average molecular weight is 448 g/mol. The topological polar surface area (TPSA) is 62.3 Å². The van der Waals surface area contributed by atoms with E-state index in [-0.39, 0.29) is 11.8 Å². The smallest absolute Gasteiger partial charge is 0.278 e. The average Bonchev–Trinajstić information content (AvgIpc) is 3.38. The fourth-order valence-corrected chi connectivity index (χ4v) is 4.88. The van der Waals surface area contributed by atoms with Gasteiger partial charge >= 0.3 is 0 Å². The fourth-order valence-electron chi connectivity index (χ4n) is 4.88. The van der Waals surface area contributed by atoms with Crippen molar-refractivity contribution in [3.63, 3.8) is 0 Å². The summed E-state index contributed by atoms with van der Waals surface area (Å²) in [4.78, 5) is 33.0. The number of imide groups is 1. The third-order valence-electron chi connectivity index (χ3n) is 6.64. The molecule has 0 atom stereocenters. The summed E-state index contributed by atoms with van der Waals surface area (Å²) in [5.41, 5.74) is 3.91. The highest BCUT2D eigenvalue weighted by molar-refractivity contribution is 6.36. The maximum absolute atomic E-state index is 13.6. The van der Waals surface area contributed by atoms with Gasteiger partial charge in [0.1, 0.15) is 11.4 Å². The van der Waals surface area contributed by atoms with Crippen LogP contribution in [0.25, 0.3) is 5.57 Å². The van der Waals surface area contributed by atoms with Crippen LogP contribution in [-0.4, -0.2) is 74.7 Å². The number of benzene rings is 2. The summed E-state index contributed by atoms with van der Waals surface area (Å²) in [7, 11) is 1.61. The van der Waals surface area contributed by atoms with Crippen LogP contribution in [0.15, 0.2) is 54.2 Å². The second-order valence-corrected chi connectivity index (χ2v) is 8.55. The van der Waals surface area contributed by atoms with E-state index in [1.54, 1.807) is 7.11 Å². The maximum atomic E-state index is 13.6. The summed E-state index contributed by atoms with van der Waals surface area (Å²) in [5, 5.41) is 0. The zero-order chi connectivity index (χ0) is 22.8. The second kappa shape index (κ2) is 9.37. The van der Waals surface area contributed by atoms with E-state index in [9.17, 15) is 9.59 Å². The third-order valence-corrected chi connectivity index (χ3v) is 6.64. The molecule has 0 bridgehead atoms. The monoisotopic (exact) mass is 447 g/mol. The van der Waals surface area contributed by atoms with Crippen molar-refractivity contribution in [1.82, 2.24) is 9.80 Å². The highest BCUT2D eigenvalue weighted by Gasteiger charge is 2.43. The molecular formula is C26H29N3O4. The van der Waals surface area contributed by atoms with Gasteiger partial charge in [0.15, 0.2) is 0 Å². The van der Waals surface area contributed by atoms with E-state index in [0.29, 0.717) is 30.1 Å².